The van der Waals surface area contributed by atoms with Gasteiger partial charge in [-0.1, -0.05) is 49.4 Å². The van der Waals surface area contributed by atoms with Crippen LogP contribution in [0, 0.1) is 0 Å². The lowest BCUT2D eigenvalue weighted by Gasteiger charge is -2.18. The van der Waals surface area contributed by atoms with Gasteiger partial charge in [0.1, 0.15) is 5.75 Å². The van der Waals surface area contributed by atoms with Gasteiger partial charge in [0, 0.05) is 36.6 Å². The van der Waals surface area contributed by atoms with E-state index in [1.807, 2.05) is 67.6 Å². The molecule has 3 aromatic rings. The molecule has 0 bridgehead atoms. The lowest BCUT2D eigenvalue weighted by molar-refractivity contribution is -0.114. The first-order valence-corrected chi connectivity index (χ1v) is 11.1. The third-order valence-electron chi connectivity index (χ3n) is 5.20. The summed E-state index contributed by atoms with van der Waals surface area (Å²) in [6.07, 6.45) is 1.02. The number of ether oxygens (including phenoxy) is 1. The number of nitrogens with one attached hydrogen (secondary N) is 2. The predicted molar refractivity (Wildman–Crippen MR) is 133 cm³/mol. The molecular weight excluding hydrogens is 414 g/mol. The van der Waals surface area contributed by atoms with E-state index in [2.05, 4.69) is 17.6 Å². The summed E-state index contributed by atoms with van der Waals surface area (Å²) in [6, 6.07) is 24.4. The van der Waals surface area contributed by atoms with Crippen LogP contribution in [0.15, 0.2) is 78.9 Å². The number of hydrogen-bond acceptors (Lipinski definition) is 4. The summed E-state index contributed by atoms with van der Waals surface area (Å²) < 4.78 is 5.80. The van der Waals surface area contributed by atoms with E-state index in [1.54, 1.807) is 30.1 Å². The highest BCUT2D eigenvalue weighted by molar-refractivity contribution is 5.96. The first kappa shape index (κ1) is 23.9. The van der Waals surface area contributed by atoms with Crippen LogP contribution < -0.4 is 15.4 Å². The third-order valence-corrected chi connectivity index (χ3v) is 5.20. The first-order chi connectivity index (χ1) is 15.9. The molecule has 1 atom stereocenters. The number of carbonyl (C=O) groups is 2. The fourth-order valence-corrected chi connectivity index (χ4v) is 3.26. The molecule has 0 aliphatic rings. The third kappa shape index (κ3) is 7.38. The minimum absolute atomic E-state index is 0.0773. The minimum atomic E-state index is -0.186. The van der Waals surface area contributed by atoms with E-state index in [9.17, 15) is 9.59 Å². The normalized spacial score (nSPS) is 11.4. The number of amides is 2. The first-order valence-electron chi connectivity index (χ1n) is 11.1. The van der Waals surface area contributed by atoms with E-state index in [1.165, 1.54) is 0 Å². The fourth-order valence-electron chi connectivity index (χ4n) is 3.26. The average Bonchev–Trinajstić information content (AvgIpc) is 2.83. The molecular formula is C27H31N3O3. The smallest absolute Gasteiger partial charge is 0.253 e. The van der Waals surface area contributed by atoms with Gasteiger partial charge < -0.3 is 20.3 Å². The maximum atomic E-state index is 12.8. The van der Waals surface area contributed by atoms with E-state index >= 15 is 0 Å². The van der Waals surface area contributed by atoms with Gasteiger partial charge >= 0.3 is 0 Å². The molecule has 0 fully saturated rings. The summed E-state index contributed by atoms with van der Waals surface area (Å²) in [6.45, 7) is 4.67. The molecule has 0 aliphatic carbocycles. The van der Waals surface area contributed by atoms with Gasteiger partial charge in [0.15, 0.2) is 0 Å². The largest absolute Gasteiger partial charge is 0.491 e. The van der Waals surface area contributed by atoms with E-state index in [0.717, 1.165) is 17.7 Å². The summed E-state index contributed by atoms with van der Waals surface area (Å²) in [4.78, 5) is 26.9. The Morgan fingerprint density at radius 1 is 0.939 bits per heavy atom. The number of benzene rings is 3. The van der Waals surface area contributed by atoms with E-state index in [0.29, 0.717) is 23.5 Å². The van der Waals surface area contributed by atoms with Crippen molar-refractivity contribution >= 4 is 23.2 Å². The quantitative estimate of drug-likeness (QED) is 0.451. The Morgan fingerprint density at radius 3 is 2.42 bits per heavy atom. The maximum Gasteiger partial charge on any atom is 0.253 e. The number of hydrogen-bond donors (Lipinski definition) is 2. The van der Waals surface area contributed by atoms with E-state index < -0.39 is 0 Å². The van der Waals surface area contributed by atoms with Crippen molar-refractivity contribution in [3.8, 4) is 5.75 Å². The number of rotatable bonds is 10. The van der Waals surface area contributed by atoms with Crippen LogP contribution in [0.4, 0.5) is 11.4 Å². The molecule has 3 aromatic carbocycles. The molecule has 33 heavy (non-hydrogen) atoms. The Kier molecular flexibility index (Phi) is 8.47. The minimum Gasteiger partial charge on any atom is -0.491 e. The molecule has 2 amide bonds. The highest BCUT2D eigenvalue weighted by Gasteiger charge is 2.13. The van der Waals surface area contributed by atoms with Crippen molar-refractivity contribution in [2.24, 2.45) is 0 Å². The van der Waals surface area contributed by atoms with Gasteiger partial charge in [-0.15, -0.1) is 0 Å². The molecule has 6 heteroatoms. The molecule has 3 rings (SSSR count). The zero-order valence-electron chi connectivity index (χ0n) is 19.4. The summed E-state index contributed by atoms with van der Waals surface area (Å²) in [7, 11) is 1.78. The second kappa shape index (κ2) is 11.7. The lowest BCUT2D eigenvalue weighted by Crippen LogP contribution is -2.26. The van der Waals surface area contributed by atoms with Crippen LogP contribution in [0.3, 0.4) is 0 Å². The Morgan fingerprint density at radius 2 is 1.67 bits per heavy atom. The molecule has 6 nitrogen and oxygen atoms in total. The summed E-state index contributed by atoms with van der Waals surface area (Å²) >= 11 is 0. The Labute approximate surface area is 195 Å². The topological polar surface area (TPSA) is 70.7 Å². The molecule has 2 N–H and O–H groups in total. The van der Waals surface area contributed by atoms with Crippen molar-refractivity contribution in [3.05, 3.63) is 90.0 Å². The highest BCUT2D eigenvalue weighted by Crippen LogP contribution is 2.19. The van der Waals surface area contributed by atoms with Crippen LogP contribution in [0.1, 0.15) is 36.2 Å². The molecule has 0 radical (unpaired) electrons. The second-order valence-corrected chi connectivity index (χ2v) is 7.99. The summed E-state index contributed by atoms with van der Waals surface area (Å²) in [5, 5.41) is 5.96. The van der Waals surface area contributed by atoms with Crippen molar-refractivity contribution in [1.29, 1.82) is 0 Å². The number of carbonyl (C=O) groups excluding carboxylic acids is 2. The standard InChI is InChI=1S/C27H31N3O3/c1-4-20(2)33-25-15-9-14-24(17-25)29-26(31)18-28-23-13-8-12-22(16-23)27(32)30(3)19-21-10-6-5-7-11-21/h5-17,20,28H,4,18-19H2,1-3H3,(H,29,31). The van der Waals surface area contributed by atoms with Gasteiger partial charge in [-0.05, 0) is 49.2 Å². The molecule has 0 heterocycles. The summed E-state index contributed by atoms with van der Waals surface area (Å²) in [5.74, 6) is 0.458. The van der Waals surface area contributed by atoms with Crippen LogP contribution in [0.25, 0.3) is 0 Å². The highest BCUT2D eigenvalue weighted by atomic mass is 16.5. The number of nitrogens with zero attached hydrogens (tertiary/aromatic N) is 1. The van der Waals surface area contributed by atoms with Crippen LogP contribution >= 0.6 is 0 Å². The lowest BCUT2D eigenvalue weighted by atomic mass is 10.1. The average molecular weight is 446 g/mol. The Hall–Kier alpha value is -3.80. The fraction of sp³-hybridized carbons (Fsp3) is 0.259. The Balaban J connectivity index is 1.54. The molecule has 0 saturated heterocycles. The van der Waals surface area contributed by atoms with Crippen molar-refractivity contribution < 1.29 is 14.3 Å². The van der Waals surface area contributed by atoms with E-state index in [-0.39, 0.29) is 24.5 Å². The second-order valence-electron chi connectivity index (χ2n) is 7.99. The maximum absolute atomic E-state index is 12.8. The van der Waals surface area contributed by atoms with Crippen molar-refractivity contribution in [3.63, 3.8) is 0 Å². The Bertz CT molecular complexity index is 1070. The van der Waals surface area contributed by atoms with Crippen LogP contribution in [0.5, 0.6) is 5.75 Å². The van der Waals surface area contributed by atoms with Crippen LogP contribution in [0.2, 0.25) is 0 Å². The van der Waals surface area contributed by atoms with E-state index in [4.69, 9.17) is 4.74 Å². The van der Waals surface area contributed by atoms with Gasteiger partial charge in [0.05, 0.1) is 12.6 Å². The zero-order valence-corrected chi connectivity index (χ0v) is 19.4. The van der Waals surface area contributed by atoms with Crippen molar-refractivity contribution in [2.45, 2.75) is 32.9 Å². The molecule has 172 valence electrons. The van der Waals surface area contributed by atoms with Crippen molar-refractivity contribution in [1.82, 2.24) is 4.90 Å². The van der Waals surface area contributed by atoms with Gasteiger partial charge in [0.2, 0.25) is 5.91 Å². The zero-order chi connectivity index (χ0) is 23.6. The van der Waals surface area contributed by atoms with Gasteiger partial charge in [-0.25, -0.2) is 0 Å². The predicted octanol–water partition coefficient (Wildman–Crippen LogP) is 5.19. The van der Waals surface area contributed by atoms with Crippen LogP contribution in [-0.4, -0.2) is 36.4 Å². The van der Waals surface area contributed by atoms with Gasteiger partial charge in [-0.2, -0.15) is 0 Å². The SMILES string of the molecule is CCC(C)Oc1cccc(NC(=O)CNc2cccc(C(=O)N(C)Cc3ccccc3)c2)c1. The molecule has 0 saturated carbocycles. The monoisotopic (exact) mass is 445 g/mol. The number of anilines is 2. The van der Waals surface area contributed by atoms with Crippen molar-refractivity contribution in [2.75, 3.05) is 24.2 Å². The molecule has 0 aliphatic heterocycles. The molecule has 0 aromatic heterocycles. The molecule has 0 spiro atoms. The summed E-state index contributed by atoms with van der Waals surface area (Å²) in [5.41, 5.74) is 3.01. The molecule has 1 unspecified atom stereocenters. The van der Waals surface area contributed by atoms with Crippen LogP contribution in [-0.2, 0) is 11.3 Å². The van der Waals surface area contributed by atoms with Gasteiger partial charge in [-0.3, -0.25) is 9.59 Å². The van der Waals surface area contributed by atoms with Gasteiger partial charge in [0.25, 0.3) is 5.91 Å².